The number of halogens is 1. The van der Waals surface area contributed by atoms with Crippen molar-refractivity contribution in [2.75, 3.05) is 0 Å². The Labute approximate surface area is 137 Å². The van der Waals surface area contributed by atoms with E-state index >= 15 is 0 Å². The van der Waals surface area contributed by atoms with Crippen LogP contribution in [0.15, 0.2) is 24.3 Å². The first-order valence-electron chi connectivity index (χ1n) is 6.60. The Morgan fingerprint density at radius 3 is 2.22 bits per heavy atom. The summed E-state index contributed by atoms with van der Waals surface area (Å²) in [7, 11) is 0. The smallest absolute Gasteiger partial charge is 0.321 e. The third kappa shape index (κ3) is 4.80. The highest BCUT2D eigenvalue weighted by Crippen LogP contribution is 2.23. The van der Waals surface area contributed by atoms with E-state index in [0.717, 1.165) is 28.5 Å². The maximum atomic E-state index is 10.6. The van der Waals surface area contributed by atoms with Crippen LogP contribution in [0.2, 0.25) is 5.02 Å². The monoisotopic (exact) mass is 340 g/mol. The van der Waals surface area contributed by atoms with Gasteiger partial charge in [0.25, 0.3) is 0 Å². The van der Waals surface area contributed by atoms with Crippen LogP contribution in [0, 0.1) is 12.8 Å². The zero-order valence-electron chi connectivity index (χ0n) is 12.5. The number of hydrogen-bond donors (Lipinski definition) is 4. The highest BCUT2D eigenvalue weighted by molar-refractivity contribution is 6.35. The highest BCUT2D eigenvalue weighted by Gasteiger charge is 2.34. The van der Waals surface area contributed by atoms with E-state index in [4.69, 9.17) is 27.5 Å². The lowest BCUT2D eigenvalue weighted by Crippen LogP contribution is -2.45. The van der Waals surface area contributed by atoms with Crippen LogP contribution in [-0.4, -0.2) is 39.0 Å². The molecule has 0 aliphatic heterocycles. The number of aryl methyl sites for hydroxylation is 1. The van der Waals surface area contributed by atoms with Crippen LogP contribution < -0.4 is 5.73 Å². The lowest BCUT2D eigenvalue weighted by Gasteiger charge is -2.12. The number of nitrogens with one attached hydrogen (secondary N) is 1. The number of carbonyl (C=O) groups is 3. The summed E-state index contributed by atoms with van der Waals surface area (Å²) in [6, 6.07) is 6.24. The zero-order valence-corrected chi connectivity index (χ0v) is 13.3. The van der Waals surface area contributed by atoms with Crippen molar-refractivity contribution >= 4 is 40.2 Å². The Kier molecular flexibility index (Phi) is 6.29. The van der Waals surface area contributed by atoms with Gasteiger partial charge in [-0.3, -0.25) is 14.4 Å². The van der Waals surface area contributed by atoms with Gasteiger partial charge in [-0.2, -0.15) is 0 Å². The molecule has 0 amide bonds. The number of H-pyrrole nitrogens is 1. The summed E-state index contributed by atoms with van der Waals surface area (Å²) >= 11 is 5.95. The van der Waals surface area contributed by atoms with Crippen LogP contribution in [0.1, 0.15) is 12.6 Å². The molecule has 0 bridgehead atoms. The number of aromatic amines is 1. The van der Waals surface area contributed by atoms with Gasteiger partial charge in [-0.1, -0.05) is 17.7 Å². The van der Waals surface area contributed by atoms with Crippen LogP contribution in [0.4, 0.5) is 0 Å². The predicted octanol–water partition coefficient (Wildman–Crippen LogP) is 1.82. The lowest BCUT2D eigenvalue weighted by atomic mass is 9.97. The summed E-state index contributed by atoms with van der Waals surface area (Å²) in [6.07, 6.45) is 0. The second kappa shape index (κ2) is 7.75. The summed E-state index contributed by atoms with van der Waals surface area (Å²) < 4.78 is 0. The summed E-state index contributed by atoms with van der Waals surface area (Å²) in [5.41, 5.74) is 7.21. The molecule has 0 radical (unpaired) electrons. The fraction of sp³-hybridized carbons (Fsp3) is 0.267. The lowest BCUT2D eigenvalue weighted by molar-refractivity contribution is -0.153. The molecule has 8 heteroatoms. The van der Waals surface area contributed by atoms with Crippen molar-refractivity contribution in [1.29, 1.82) is 0 Å². The fourth-order valence-corrected chi connectivity index (χ4v) is 2.21. The number of carboxylic acids is 2. The molecule has 0 aliphatic carbocycles. The Morgan fingerprint density at radius 2 is 1.83 bits per heavy atom. The topological polar surface area (TPSA) is 133 Å². The van der Waals surface area contributed by atoms with Crippen molar-refractivity contribution in [3.63, 3.8) is 0 Å². The van der Waals surface area contributed by atoms with Crippen LogP contribution in [-0.2, 0) is 14.4 Å². The standard InChI is InChI=1S/C9H8ClN.C6H9NO5/c1-6-5-7-8(10)3-2-4-9(7)11-6;1-2(8)3(5(9)10)4(7)6(11)12/h2-5,11H,1H3;3-4H,7H2,1H3,(H,9,10)(H,11,12)/t;3?,4-/m.0/s1. The molecule has 0 fully saturated rings. The first-order chi connectivity index (χ1) is 10.6. The van der Waals surface area contributed by atoms with Crippen LogP contribution in [0.25, 0.3) is 10.9 Å². The summed E-state index contributed by atoms with van der Waals surface area (Å²) in [6.45, 7) is 3.01. The van der Waals surface area contributed by atoms with Crippen molar-refractivity contribution in [3.05, 3.63) is 35.0 Å². The van der Waals surface area contributed by atoms with E-state index in [1.807, 2.05) is 25.1 Å². The van der Waals surface area contributed by atoms with Crippen LogP contribution in [0.5, 0.6) is 0 Å². The second-order valence-corrected chi connectivity index (χ2v) is 5.35. The Bertz CT molecular complexity index is 727. The Hall–Kier alpha value is -2.38. The number of Topliss-reactive ketones (excluding diaryl/α,β-unsaturated/α-hetero) is 1. The average Bonchev–Trinajstić information content (AvgIpc) is 2.80. The van der Waals surface area contributed by atoms with E-state index in [9.17, 15) is 14.4 Å². The third-order valence-corrected chi connectivity index (χ3v) is 3.42. The normalized spacial score (nSPS) is 12.9. The van der Waals surface area contributed by atoms with Crippen molar-refractivity contribution in [2.45, 2.75) is 19.9 Å². The molecule has 2 atom stereocenters. The molecule has 0 spiro atoms. The molecule has 1 heterocycles. The SMILES string of the molecule is CC(=O)C(C(=O)O)[C@H](N)C(=O)O.Cc1cc2c(Cl)cccc2[nH]1. The number of nitrogens with two attached hydrogens (primary N) is 1. The van der Waals surface area contributed by atoms with E-state index in [1.165, 1.54) is 0 Å². The molecule has 7 nitrogen and oxygen atoms in total. The molecule has 2 aromatic rings. The van der Waals surface area contributed by atoms with Gasteiger partial charge in [-0.15, -0.1) is 0 Å². The number of carboxylic acid groups (broad SMARTS) is 2. The summed E-state index contributed by atoms with van der Waals surface area (Å²) in [5, 5.41) is 18.6. The number of carbonyl (C=O) groups excluding carboxylic acids is 1. The van der Waals surface area contributed by atoms with Crippen LogP contribution >= 0.6 is 11.6 Å². The number of benzene rings is 1. The molecule has 23 heavy (non-hydrogen) atoms. The van der Waals surface area contributed by atoms with Gasteiger partial charge in [-0.05, 0) is 32.0 Å². The number of aliphatic carboxylic acids is 2. The summed E-state index contributed by atoms with van der Waals surface area (Å²) in [4.78, 5) is 34.4. The zero-order chi connectivity index (χ0) is 17.7. The van der Waals surface area contributed by atoms with Gasteiger partial charge < -0.3 is 20.9 Å². The van der Waals surface area contributed by atoms with Gasteiger partial charge in [0.1, 0.15) is 17.7 Å². The van der Waals surface area contributed by atoms with E-state index in [-0.39, 0.29) is 0 Å². The minimum atomic E-state index is -1.68. The average molecular weight is 341 g/mol. The van der Waals surface area contributed by atoms with E-state index < -0.39 is 29.7 Å². The molecule has 5 N–H and O–H groups in total. The van der Waals surface area contributed by atoms with Crippen molar-refractivity contribution in [1.82, 2.24) is 4.98 Å². The molecular formula is C15H17ClN2O5. The fourth-order valence-electron chi connectivity index (χ4n) is 1.98. The molecule has 1 unspecified atom stereocenters. The maximum absolute atomic E-state index is 10.6. The van der Waals surface area contributed by atoms with Crippen molar-refractivity contribution in [3.8, 4) is 0 Å². The minimum Gasteiger partial charge on any atom is -0.481 e. The third-order valence-electron chi connectivity index (χ3n) is 3.09. The minimum absolute atomic E-state index is 0.766. The number of ketones is 1. The van der Waals surface area contributed by atoms with Crippen LogP contribution in [0.3, 0.4) is 0 Å². The first-order valence-corrected chi connectivity index (χ1v) is 6.98. The maximum Gasteiger partial charge on any atom is 0.321 e. The molecule has 0 saturated heterocycles. The Morgan fingerprint density at radius 1 is 1.22 bits per heavy atom. The van der Waals surface area contributed by atoms with Crippen molar-refractivity contribution in [2.24, 2.45) is 11.7 Å². The molecule has 1 aromatic heterocycles. The van der Waals surface area contributed by atoms with Crippen molar-refractivity contribution < 1.29 is 24.6 Å². The number of fused-ring (bicyclic) bond motifs is 1. The van der Waals surface area contributed by atoms with Gasteiger partial charge in [0, 0.05) is 21.6 Å². The molecule has 0 aliphatic rings. The van der Waals surface area contributed by atoms with E-state index in [0.29, 0.717) is 0 Å². The predicted molar refractivity (Wildman–Crippen MR) is 85.5 cm³/mol. The highest BCUT2D eigenvalue weighted by atomic mass is 35.5. The van der Waals surface area contributed by atoms with Gasteiger partial charge in [0.05, 0.1) is 0 Å². The molecule has 0 saturated carbocycles. The van der Waals surface area contributed by atoms with Gasteiger partial charge in [0.15, 0.2) is 0 Å². The second-order valence-electron chi connectivity index (χ2n) is 4.94. The van der Waals surface area contributed by atoms with Gasteiger partial charge in [-0.25, -0.2) is 0 Å². The van der Waals surface area contributed by atoms with E-state index in [1.54, 1.807) is 0 Å². The van der Waals surface area contributed by atoms with Gasteiger partial charge >= 0.3 is 11.9 Å². The number of rotatable bonds is 4. The Balaban J connectivity index is 0.000000230. The van der Waals surface area contributed by atoms with E-state index in [2.05, 4.69) is 11.1 Å². The first kappa shape index (κ1) is 18.7. The largest absolute Gasteiger partial charge is 0.481 e. The number of aromatic nitrogens is 1. The molecular weight excluding hydrogens is 324 g/mol. The quantitative estimate of drug-likeness (QED) is 0.627. The molecule has 1 aromatic carbocycles. The number of hydrogen-bond acceptors (Lipinski definition) is 4. The molecule has 124 valence electrons. The summed E-state index contributed by atoms with van der Waals surface area (Å²) in [5.74, 6) is -5.45. The molecule has 2 rings (SSSR count). The van der Waals surface area contributed by atoms with Gasteiger partial charge in [0.2, 0.25) is 0 Å².